The summed E-state index contributed by atoms with van der Waals surface area (Å²) < 4.78 is 0. The number of hydrogen-bond acceptors (Lipinski definition) is 2. The second kappa shape index (κ2) is 2.20. The van der Waals surface area contributed by atoms with Gasteiger partial charge in [0, 0.05) is 41.6 Å². The zero-order chi connectivity index (χ0) is 7.68. The quantitative estimate of drug-likeness (QED) is 0.600. The van der Waals surface area contributed by atoms with Gasteiger partial charge in [0.2, 0.25) is 0 Å². The third-order valence-corrected chi connectivity index (χ3v) is 1.57. The Morgan fingerprint density at radius 3 is 3.18 bits per heavy atom. The van der Waals surface area contributed by atoms with Gasteiger partial charge in [-0.2, -0.15) is 0 Å². The molecular formula is C8H6N2O. The van der Waals surface area contributed by atoms with Crippen LogP contribution in [-0.2, 0) is 0 Å². The van der Waals surface area contributed by atoms with E-state index in [2.05, 4.69) is 9.97 Å². The zero-order valence-corrected chi connectivity index (χ0v) is 5.74. The highest BCUT2D eigenvalue weighted by atomic mass is 16.1. The van der Waals surface area contributed by atoms with Crippen LogP contribution in [-0.4, -0.2) is 9.97 Å². The van der Waals surface area contributed by atoms with Gasteiger partial charge in [0.15, 0.2) is 5.43 Å². The summed E-state index contributed by atoms with van der Waals surface area (Å²) in [6.07, 6.45) is 6.60. The highest BCUT2D eigenvalue weighted by Crippen LogP contribution is 2.03. The number of aromatic amines is 1. The van der Waals surface area contributed by atoms with Gasteiger partial charge in [0.25, 0.3) is 0 Å². The maximum Gasteiger partial charge on any atom is 0.189 e. The number of rotatable bonds is 0. The van der Waals surface area contributed by atoms with Gasteiger partial charge < -0.3 is 4.98 Å². The minimum absolute atomic E-state index is 0.00116. The lowest BCUT2D eigenvalue weighted by molar-refractivity contribution is 1.36. The van der Waals surface area contributed by atoms with Crippen molar-refractivity contribution in [3.05, 3.63) is 41.1 Å². The molecule has 0 bridgehead atoms. The lowest BCUT2D eigenvalue weighted by Crippen LogP contribution is -1.91. The molecule has 0 aliphatic heterocycles. The predicted molar refractivity (Wildman–Crippen MR) is 42.4 cm³/mol. The van der Waals surface area contributed by atoms with Gasteiger partial charge in [0.1, 0.15) is 0 Å². The van der Waals surface area contributed by atoms with Crippen LogP contribution in [0.3, 0.4) is 0 Å². The minimum Gasteiger partial charge on any atom is -0.366 e. The highest BCUT2D eigenvalue weighted by molar-refractivity contribution is 5.79. The normalized spacial score (nSPS) is 10.2. The third-order valence-electron chi connectivity index (χ3n) is 1.57. The molecule has 11 heavy (non-hydrogen) atoms. The van der Waals surface area contributed by atoms with Crippen LogP contribution in [0.15, 0.2) is 35.6 Å². The molecule has 2 aromatic rings. The van der Waals surface area contributed by atoms with Gasteiger partial charge in [-0.15, -0.1) is 0 Å². The van der Waals surface area contributed by atoms with Crippen molar-refractivity contribution in [2.45, 2.75) is 0 Å². The van der Waals surface area contributed by atoms with Gasteiger partial charge in [-0.1, -0.05) is 0 Å². The van der Waals surface area contributed by atoms with Crippen LogP contribution in [0.2, 0.25) is 0 Å². The Morgan fingerprint density at radius 1 is 1.36 bits per heavy atom. The summed E-state index contributed by atoms with van der Waals surface area (Å²) in [6.45, 7) is 0. The summed E-state index contributed by atoms with van der Waals surface area (Å²) in [5, 5.41) is 1.53. The summed E-state index contributed by atoms with van der Waals surface area (Å²) >= 11 is 0. The van der Waals surface area contributed by atoms with Crippen LogP contribution in [0, 0.1) is 0 Å². The molecule has 0 saturated heterocycles. The number of nitrogens with one attached hydrogen (secondary N) is 1. The Bertz CT molecular complexity index is 433. The van der Waals surface area contributed by atoms with Crippen molar-refractivity contribution in [3.8, 4) is 0 Å². The number of fused-ring (bicyclic) bond motifs is 1. The molecule has 0 unspecified atom stereocenters. The molecular weight excluding hydrogens is 140 g/mol. The summed E-state index contributed by atoms with van der Waals surface area (Å²) in [6, 6.07) is 1.45. The molecule has 54 valence electrons. The molecule has 1 N–H and O–H groups in total. The zero-order valence-electron chi connectivity index (χ0n) is 5.74. The van der Waals surface area contributed by atoms with Gasteiger partial charge in [0.05, 0.1) is 0 Å². The van der Waals surface area contributed by atoms with Crippen molar-refractivity contribution in [1.29, 1.82) is 0 Å². The maximum atomic E-state index is 11.2. The molecule has 0 saturated carbocycles. The van der Waals surface area contributed by atoms with E-state index in [0.717, 1.165) is 5.39 Å². The second-order valence-corrected chi connectivity index (χ2v) is 2.28. The first kappa shape index (κ1) is 6.09. The van der Waals surface area contributed by atoms with Crippen molar-refractivity contribution in [2.75, 3.05) is 0 Å². The summed E-state index contributed by atoms with van der Waals surface area (Å²) in [5.74, 6) is 0. The van der Waals surface area contributed by atoms with Crippen LogP contribution < -0.4 is 5.43 Å². The highest BCUT2D eigenvalue weighted by Gasteiger charge is 1.93. The summed E-state index contributed by atoms with van der Waals surface area (Å²) in [4.78, 5) is 17.9. The van der Waals surface area contributed by atoms with Crippen LogP contribution in [0.25, 0.3) is 10.8 Å². The Kier molecular flexibility index (Phi) is 1.22. The monoisotopic (exact) mass is 146 g/mol. The first-order chi connectivity index (χ1) is 5.38. The first-order valence-corrected chi connectivity index (χ1v) is 3.29. The summed E-state index contributed by atoms with van der Waals surface area (Å²) in [5.41, 5.74) is -0.00116. The average Bonchev–Trinajstić information content (AvgIpc) is 2.40. The number of hydrogen-bond donors (Lipinski definition) is 1. The second-order valence-electron chi connectivity index (χ2n) is 2.28. The van der Waals surface area contributed by atoms with Crippen LogP contribution >= 0.6 is 0 Å². The van der Waals surface area contributed by atoms with E-state index < -0.39 is 0 Å². The molecule has 2 rings (SSSR count). The Morgan fingerprint density at radius 2 is 2.27 bits per heavy atom. The Balaban J connectivity index is 3.09. The van der Waals surface area contributed by atoms with E-state index in [0.29, 0.717) is 5.39 Å². The van der Waals surface area contributed by atoms with Crippen molar-refractivity contribution >= 4 is 10.8 Å². The Labute approximate surface area is 62.7 Å². The lowest BCUT2D eigenvalue weighted by atomic mass is 10.3. The number of H-pyrrole nitrogens is 1. The van der Waals surface area contributed by atoms with E-state index in [-0.39, 0.29) is 5.43 Å². The van der Waals surface area contributed by atoms with E-state index in [4.69, 9.17) is 0 Å². The van der Waals surface area contributed by atoms with Gasteiger partial charge in [-0.25, -0.2) is 0 Å². The molecule has 0 radical (unpaired) electrons. The molecule has 2 heterocycles. The van der Waals surface area contributed by atoms with Crippen molar-refractivity contribution in [3.63, 3.8) is 0 Å². The molecule has 0 aromatic carbocycles. The molecule has 2 aromatic heterocycles. The van der Waals surface area contributed by atoms with Gasteiger partial charge >= 0.3 is 0 Å². The minimum atomic E-state index is -0.00116. The largest absolute Gasteiger partial charge is 0.366 e. The molecule has 0 spiro atoms. The summed E-state index contributed by atoms with van der Waals surface area (Å²) in [7, 11) is 0. The third kappa shape index (κ3) is 0.902. The van der Waals surface area contributed by atoms with Crippen LogP contribution in [0.5, 0.6) is 0 Å². The lowest BCUT2D eigenvalue weighted by Gasteiger charge is -1.71. The van der Waals surface area contributed by atoms with E-state index in [9.17, 15) is 4.79 Å². The fourth-order valence-corrected chi connectivity index (χ4v) is 1.02. The molecule has 0 atom stereocenters. The fraction of sp³-hybridized carbons (Fsp3) is 0. The maximum absolute atomic E-state index is 11.2. The van der Waals surface area contributed by atoms with E-state index in [1.165, 1.54) is 12.3 Å². The van der Waals surface area contributed by atoms with Crippen LogP contribution in [0.4, 0.5) is 0 Å². The molecule has 3 heteroatoms. The molecule has 0 fully saturated rings. The first-order valence-electron chi connectivity index (χ1n) is 3.29. The van der Waals surface area contributed by atoms with Crippen molar-refractivity contribution < 1.29 is 0 Å². The SMILES string of the molecule is O=c1ccncc2c[nH]cc12. The topological polar surface area (TPSA) is 45.8 Å². The fourth-order valence-electron chi connectivity index (χ4n) is 1.02. The van der Waals surface area contributed by atoms with E-state index >= 15 is 0 Å². The molecule has 0 amide bonds. The standard InChI is InChI=1S/C8H6N2O/c11-8-1-2-9-3-6-4-10-5-7(6)8/h1-5,10H. The van der Waals surface area contributed by atoms with E-state index in [1.807, 2.05) is 0 Å². The van der Waals surface area contributed by atoms with E-state index in [1.54, 1.807) is 18.6 Å². The average molecular weight is 146 g/mol. The molecule has 0 aliphatic rings. The van der Waals surface area contributed by atoms with Gasteiger partial charge in [-0.3, -0.25) is 9.78 Å². The Hall–Kier alpha value is -1.64. The van der Waals surface area contributed by atoms with Crippen molar-refractivity contribution in [2.24, 2.45) is 0 Å². The molecule has 0 aliphatic carbocycles. The van der Waals surface area contributed by atoms with Crippen LogP contribution in [0.1, 0.15) is 0 Å². The number of aromatic nitrogens is 2. The predicted octanol–water partition coefficient (Wildman–Crippen LogP) is 0.923. The molecule has 3 nitrogen and oxygen atoms in total. The van der Waals surface area contributed by atoms with Crippen molar-refractivity contribution in [1.82, 2.24) is 9.97 Å². The van der Waals surface area contributed by atoms with Gasteiger partial charge in [-0.05, 0) is 0 Å². The number of nitrogens with zero attached hydrogens (tertiary/aromatic N) is 1. The smallest absolute Gasteiger partial charge is 0.189 e.